The predicted octanol–water partition coefficient (Wildman–Crippen LogP) is 4.73. The van der Waals surface area contributed by atoms with Crippen molar-refractivity contribution in [2.75, 3.05) is 26.1 Å². The number of pyridine rings is 1. The molecule has 0 spiro atoms. The Bertz CT molecular complexity index is 1520. The molecular weight excluding hydrogens is 454 g/mol. The highest BCUT2D eigenvalue weighted by Gasteiger charge is 2.47. The molecule has 1 N–H and O–H groups in total. The van der Waals surface area contributed by atoms with Crippen molar-refractivity contribution in [2.24, 2.45) is 0 Å². The molecule has 180 valence electrons. The van der Waals surface area contributed by atoms with E-state index in [0.717, 1.165) is 28.5 Å². The van der Waals surface area contributed by atoms with Crippen LogP contribution in [0.25, 0.3) is 10.9 Å². The van der Waals surface area contributed by atoms with Gasteiger partial charge in [-0.25, -0.2) is 0 Å². The number of hydrogen-bond acceptors (Lipinski definition) is 5. The summed E-state index contributed by atoms with van der Waals surface area (Å²) in [5.41, 5.74) is 4.69. The molecule has 2 aliphatic rings. The first kappa shape index (κ1) is 22.1. The number of nitrogens with one attached hydrogen (secondary N) is 1. The lowest BCUT2D eigenvalue weighted by atomic mass is 9.75. The van der Waals surface area contributed by atoms with Crippen LogP contribution in [0, 0.1) is 0 Å². The number of methoxy groups -OCH3 is 2. The topological polar surface area (TPSA) is 80.8 Å². The number of aromatic nitrogens is 1. The lowest BCUT2D eigenvalue weighted by Crippen LogP contribution is -2.49. The molecule has 2 aliphatic heterocycles. The van der Waals surface area contributed by atoms with Gasteiger partial charge in [-0.15, -0.1) is 0 Å². The molecule has 3 heterocycles. The van der Waals surface area contributed by atoms with Gasteiger partial charge in [0.2, 0.25) is 5.91 Å². The number of rotatable bonds is 4. The minimum Gasteiger partial charge on any atom is -0.493 e. The summed E-state index contributed by atoms with van der Waals surface area (Å²) in [6.45, 7) is 0.537. The van der Waals surface area contributed by atoms with Gasteiger partial charge in [-0.1, -0.05) is 42.5 Å². The van der Waals surface area contributed by atoms with E-state index in [9.17, 15) is 9.59 Å². The van der Waals surface area contributed by atoms with Crippen LogP contribution < -0.4 is 14.8 Å². The van der Waals surface area contributed by atoms with Gasteiger partial charge in [-0.2, -0.15) is 0 Å². The smallest absolute Gasteiger partial charge is 0.254 e. The van der Waals surface area contributed by atoms with Gasteiger partial charge in [0.05, 0.1) is 43.6 Å². The third kappa shape index (κ3) is 3.47. The number of carbonyl (C=O) groups excluding carboxylic acids is 2. The van der Waals surface area contributed by atoms with Gasteiger partial charge >= 0.3 is 0 Å². The fraction of sp³-hybridized carbons (Fsp3) is 0.207. The van der Waals surface area contributed by atoms with Crippen molar-refractivity contribution in [3.05, 3.63) is 95.2 Å². The van der Waals surface area contributed by atoms with Crippen molar-refractivity contribution in [2.45, 2.75) is 18.4 Å². The molecule has 7 heteroatoms. The van der Waals surface area contributed by atoms with Crippen LogP contribution in [0.3, 0.4) is 0 Å². The van der Waals surface area contributed by atoms with Gasteiger partial charge in [-0.05, 0) is 47.4 Å². The van der Waals surface area contributed by atoms with Crippen LogP contribution in [0.4, 0.5) is 5.69 Å². The van der Waals surface area contributed by atoms with Crippen molar-refractivity contribution >= 4 is 28.4 Å². The van der Waals surface area contributed by atoms with Crippen LogP contribution in [0.15, 0.2) is 72.9 Å². The second kappa shape index (κ2) is 8.68. The van der Waals surface area contributed by atoms with E-state index in [4.69, 9.17) is 9.47 Å². The maximum atomic E-state index is 14.0. The molecule has 0 bridgehead atoms. The van der Waals surface area contributed by atoms with Crippen molar-refractivity contribution < 1.29 is 19.1 Å². The number of nitrogens with zero attached hydrogens (tertiary/aromatic N) is 2. The average Bonchev–Trinajstić information content (AvgIpc) is 2.92. The molecule has 2 amide bonds. The molecule has 3 aromatic carbocycles. The van der Waals surface area contributed by atoms with E-state index >= 15 is 0 Å². The number of carbonyl (C=O) groups is 2. The molecule has 7 nitrogen and oxygen atoms in total. The SMILES string of the molecule is COc1cc2c(cc1OC)[C@H](C(=O)Nc1cnc3ccccc3c1)[C@H]1c3ccccc3CCN1C2=O. The lowest BCUT2D eigenvalue weighted by molar-refractivity contribution is -0.119. The van der Waals surface area contributed by atoms with Gasteiger partial charge in [0.25, 0.3) is 5.91 Å². The average molecular weight is 480 g/mol. The van der Waals surface area contributed by atoms with Crippen LogP contribution in [0.5, 0.6) is 11.5 Å². The summed E-state index contributed by atoms with van der Waals surface area (Å²) in [4.78, 5) is 34.0. The molecule has 0 saturated carbocycles. The van der Waals surface area contributed by atoms with Gasteiger partial charge in [0.15, 0.2) is 11.5 Å². The first-order valence-corrected chi connectivity index (χ1v) is 11.9. The first-order chi connectivity index (χ1) is 17.6. The van der Waals surface area contributed by atoms with E-state index < -0.39 is 12.0 Å². The van der Waals surface area contributed by atoms with Crippen LogP contribution >= 0.6 is 0 Å². The standard InChI is InChI=1S/C29H25N3O4/c1-35-24-14-21-22(15-25(24)36-2)29(34)32-12-11-17-7-3-5-9-20(17)27(32)26(21)28(33)31-19-13-18-8-4-6-10-23(18)30-16-19/h3-10,13-16,26-27H,11-12H2,1-2H3,(H,31,33)/t26-,27+/m0/s1. The molecule has 6 rings (SSSR count). The second-order valence-corrected chi connectivity index (χ2v) is 9.07. The van der Waals surface area contributed by atoms with Crippen molar-refractivity contribution in [3.63, 3.8) is 0 Å². The van der Waals surface area contributed by atoms with Gasteiger partial charge in [-0.3, -0.25) is 14.6 Å². The Balaban J connectivity index is 1.49. The molecule has 0 fully saturated rings. The fourth-order valence-electron chi connectivity index (χ4n) is 5.49. The largest absolute Gasteiger partial charge is 0.493 e. The van der Waals surface area contributed by atoms with Crippen LogP contribution in [-0.2, 0) is 11.2 Å². The highest BCUT2D eigenvalue weighted by atomic mass is 16.5. The Morgan fingerprint density at radius 1 is 0.972 bits per heavy atom. The minimum absolute atomic E-state index is 0.109. The maximum absolute atomic E-state index is 14.0. The summed E-state index contributed by atoms with van der Waals surface area (Å²) < 4.78 is 11.0. The summed E-state index contributed by atoms with van der Waals surface area (Å²) in [6.07, 6.45) is 2.40. The number of hydrogen-bond donors (Lipinski definition) is 1. The summed E-state index contributed by atoms with van der Waals surface area (Å²) in [5.74, 6) is -0.0304. The number of fused-ring (bicyclic) bond motifs is 5. The zero-order valence-electron chi connectivity index (χ0n) is 20.0. The maximum Gasteiger partial charge on any atom is 0.254 e. The predicted molar refractivity (Wildman–Crippen MR) is 137 cm³/mol. The number of amides is 2. The van der Waals surface area contributed by atoms with Gasteiger partial charge in [0.1, 0.15) is 0 Å². The van der Waals surface area contributed by atoms with Crippen LogP contribution in [0.1, 0.15) is 39.0 Å². The lowest BCUT2D eigenvalue weighted by Gasteiger charge is -2.45. The third-order valence-electron chi connectivity index (χ3n) is 7.17. The van der Waals surface area contributed by atoms with Crippen LogP contribution in [-0.4, -0.2) is 42.5 Å². The summed E-state index contributed by atoms with van der Waals surface area (Å²) in [6, 6.07) is 20.7. The number of anilines is 1. The molecule has 2 atom stereocenters. The van der Waals surface area contributed by atoms with Crippen molar-refractivity contribution in [1.29, 1.82) is 0 Å². The van der Waals surface area contributed by atoms with E-state index in [-0.39, 0.29) is 11.8 Å². The summed E-state index contributed by atoms with van der Waals surface area (Å²) >= 11 is 0. The Morgan fingerprint density at radius 3 is 2.56 bits per heavy atom. The molecule has 0 unspecified atom stereocenters. The van der Waals surface area contributed by atoms with E-state index in [1.807, 2.05) is 53.4 Å². The minimum atomic E-state index is -0.648. The molecule has 36 heavy (non-hydrogen) atoms. The Morgan fingerprint density at radius 2 is 1.72 bits per heavy atom. The van der Waals surface area contributed by atoms with Gasteiger partial charge < -0.3 is 19.7 Å². The zero-order valence-corrected chi connectivity index (χ0v) is 20.0. The summed E-state index contributed by atoms with van der Waals surface area (Å²) in [5, 5.41) is 4.01. The third-order valence-corrected chi connectivity index (χ3v) is 7.17. The highest BCUT2D eigenvalue weighted by molar-refractivity contribution is 6.05. The van der Waals surface area contributed by atoms with Crippen molar-refractivity contribution in [1.82, 2.24) is 9.88 Å². The van der Waals surface area contributed by atoms with Crippen molar-refractivity contribution in [3.8, 4) is 11.5 Å². The Hall–Kier alpha value is -4.39. The number of para-hydroxylation sites is 1. The number of ether oxygens (including phenoxy) is 2. The summed E-state index contributed by atoms with van der Waals surface area (Å²) in [7, 11) is 3.08. The second-order valence-electron chi connectivity index (χ2n) is 9.07. The van der Waals surface area contributed by atoms with E-state index in [0.29, 0.717) is 34.9 Å². The Kier molecular flexibility index (Phi) is 5.33. The molecular formula is C29H25N3O4. The quantitative estimate of drug-likeness (QED) is 0.458. The zero-order chi connectivity index (χ0) is 24.8. The van der Waals surface area contributed by atoms with E-state index in [1.165, 1.54) is 7.11 Å². The fourth-order valence-corrected chi connectivity index (χ4v) is 5.49. The highest BCUT2D eigenvalue weighted by Crippen LogP contribution is 2.48. The molecule has 0 radical (unpaired) electrons. The van der Waals surface area contributed by atoms with Crippen LogP contribution in [0.2, 0.25) is 0 Å². The first-order valence-electron chi connectivity index (χ1n) is 11.9. The molecule has 1 aromatic heterocycles. The van der Waals surface area contributed by atoms with E-state index in [2.05, 4.69) is 16.4 Å². The molecule has 4 aromatic rings. The molecule has 0 aliphatic carbocycles. The normalized spacial score (nSPS) is 18.2. The monoisotopic (exact) mass is 479 g/mol. The van der Waals surface area contributed by atoms with Gasteiger partial charge in [0, 0.05) is 17.5 Å². The van der Waals surface area contributed by atoms with E-state index in [1.54, 1.807) is 25.4 Å². The molecule has 0 saturated heterocycles. The number of benzene rings is 3. The Labute approximate surface area is 208 Å².